The van der Waals surface area contributed by atoms with Gasteiger partial charge in [-0.15, -0.1) is 0 Å². The summed E-state index contributed by atoms with van der Waals surface area (Å²) < 4.78 is 38.0. The molecule has 0 aliphatic rings. The Bertz CT molecular complexity index is 68.2. The average Bonchev–Trinajstić information content (AvgIpc) is 1.62. The van der Waals surface area contributed by atoms with E-state index >= 15 is 0 Å². The van der Waals surface area contributed by atoms with Gasteiger partial charge in [0.25, 0.3) is 0 Å². The van der Waals surface area contributed by atoms with Gasteiger partial charge in [-0.2, -0.15) is 13.2 Å². The Hall–Kier alpha value is -0.250. The van der Waals surface area contributed by atoms with Gasteiger partial charge in [0.1, 0.15) is 6.10 Å². The molecule has 1 nitrogen and oxygen atoms in total. The van der Waals surface area contributed by atoms with Gasteiger partial charge >= 0.3 is 6.18 Å². The predicted octanol–water partition coefficient (Wildman–Crippen LogP) is 1.58. The second-order valence-electron chi connectivity index (χ2n) is 1.42. The highest BCUT2D eigenvalue weighted by Crippen LogP contribution is 2.21. The third-order valence-corrected chi connectivity index (χ3v) is 0.815. The number of rotatable bonds is 1. The van der Waals surface area contributed by atoms with Gasteiger partial charge in [-0.1, -0.05) is 0 Å². The summed E-state index contributed by atoms with van der Waals surface area (Å²) in [7, 11) is 1.03. The Kier molecular flexibility index (Phi) is 2.27. The molecule has 0 saturated carbocycles. The Morgan fingerprint density at radius 2 is 1.75 bits per heavy atom. The van der Waals surface area contributed by atoms with Crippen molar-refractivity contribution in [2.75, 3.05) is 7.11 Å². The summed E-state index contributed by atoms with van der Waals surface area (Å²) in [4.78, 5) is 0. The Labute approximate surface area is 45.4 Å². The topological polar surface area (TPSA) is 9.23 Å². The summed E-state index contributed by atoms with van der Waals surface area (Å²) in [5, 5.41) is 0. The lowest BCUT2D eigenvalue weighted by Crippen LogP contribution is -2.26. The lowest BCUT2D eigenvalue weighted by molar-refractivity contribution is -0.206. The largest absolute Gasteiger partial charge is 0.414 e. The van der Waals surface area contributed by atoms with Crippen LogP contribution in [0.1, 0.15) is 6.92 Å². The SMILES string of the molecule is COC(C)C(F)(F)F. The molecule has 1 atom stereocenters. The van der Waals surface area contributed by atoms with E-state index in [1.807, 2.05) is 0 Å². The minimum absolute atomic E-state index is 0.958. The van der Waals surface area contributed by atoms with Gasteiger partial charge in [0.15, 0.2) is 0 Å². The number of halogens is 3. The first-order chi connectivity index (χ1) is 3.48. The molecule has 0 amide bonds. The molecule has 0 radical (unpaired) electrons. The van der Waals surface area contributed by atoms with Crippen molar-refractivity contribution in [1.82, 2.24) is 0 Å². The molecular weight excluding hydrogens is 121 g/mol. The Morgan fingerprint density at radius 1 is 1.38 bits per heavy atom. The second kappa shape index (κ2) is 2.35. The van der Waals surface area contributed by atoms with E-state index in [2.05, 4.69) is 4.74 Å². The van der Waals surface area contributed by atoms with Crippen molar-refractivity contribution in [3.05, 3.63) is 0 Å². The molecule has 0 aliphatic carbocycles. The first-order valence-electron chi connectivity index (χ1n) is 2.08. The van der Waals surface area contributed by atoms with Crippen LogP contribution in [0.4, 0.5) is 13.2 Å². The maximum absolute atomic E-state index is 11.3. The van der Waals surface area contributed by atoms with Crippen LogP contribution < -0.4 is 0 Å². The number of hydrogen-bond donors (Lipinski definition) is 0. The van der Waals surface area contributed by atoms with Crippen LogP contribution in [-0.4, -0.2) is 19.4 Å². The zero-order valence-electron chi connectivity index (χ0n) is 4.62. The summed E-state index contributed by atoms with van der Waals surface area (Å²) >= 11 is 0. The van der Waals surface area contributed by atoms with Crippen LogP contribution in [0.5, 0.6) is 0 Å². The smallest absolute Gasteiger partial charge is 0.372 e. The van der Waals surface area contributed by atoms with E-state index in [0.29, 0.717) is 0 Å². The summed E-state index contributed by atoms with van der Waals surface area (Å²) in [6.45, 7) is 0.958. The molecule has 0 aromatic heterocycles. The van der Waals surface area contributed by atoms with Gasteiger partial charge in [0.05, 0.1) is 0 Å². The molecule has 0 fully saturated rings. The number of alkyl halides is 3. The minimum atomic E-state index is -4.21. The van der Waals surface area contributed by atoms with Gasteiger partial charge in [-0.3, -0.25) is 0 Å². The van der Waals surface area contributed by atoms with E-state index in [4.69, 9.17) is 0 Å². The lowest BCUT2D eigenvalue weighted by atomic mass is 10.4. The van der Waals surface area contributed by atoms with Crippen LogP contribution in [0.2, 0.25) is 0 Å². The van der Waals surface area contributed by atoms with Gasteiger partial charge in [0, 0.05) is 7.11 Å². The number of hydrogen-bond acceptors (Lipinski definition) is 1. The molecule has 0 rings (SSSR count). The Balaban J connectivity index is 3.62. The van der Waals surface area contributed by atoms with E-state index < -0.39 is 12.3 Å². The molecule has 0 bridgehead atoms. The van der Waals surface area contributed by atoms with Crippen molar-refractivity contribution in [2.24, 2.45) is 0 Å². The third kappa shape index (κ3) is 2.16. The normalized spacial score (nSPS) is 16.1. The number of ether oxygens (including phenoxy) is 1. The third-order valence-electron chi connectivity index (χ3n) is 0.815. The quantitative estimate of drug-likeness (QED) is 0.521. The van der Waals surface area contributed by atoms with E-state index in [1.54, 1.807) is 0 Å². The van der Waals surface area contributed by atoms with E-state index in [1.165, 1.54) is 0 Å². The molecule has 0 heterocycles. The molecule has 0 spiro atoms. The van der Waals surface area contributed by atoms with Crippen molar-refractivity contribution in [1.29, 1.82) is 0 Å². The second-order valence-corrected chi connectivity index (χ2v) is 1.42. The summed E-state index contributed by atoms with van der Waals surface area (Å²) in [6, 6.07) is 0. The summed E-state index contributed by atoms with van der Waals surface area (Å²) in [6.07, 6.45) is -5.86. The molecule has 0 saturated heterocycles. The zero-order chi connectivity index (χ0) is 6.78. The molecule has 0 aromatic carbocycles. The Morgan fingerprint density at radius 3 is 1.75 bits per heavy atom. The highest BCUT2D eigenvalue weighted by Gasteiger charge is 2.35. The predicted molar refractivity (Wildman–Crippen MR) is 22.5 cm³/mol. The van der Waals surface area contributed by atoms with Crippen LogP contribution in [-0.2, 0) is 4.74 Å². The average molecular weight is 128 g/mol. The highest BCUT2D eigenvalue weighted by atomic mass is 19.4. The molecule has 50 valence electrons. The molecule has 0 aliphatic heterocycles. The highest BCUT2D eigenvalue weighted by molar-refractivity contribution is 4.58. The van der Waals surface area contributed by atoms with Crippen molar-refractivity contribution in [3.63, 3.8) is 0 Å². The van der Waals surface area contributed by atoms with Crippen LogP contribution in [0, 0.1) is 0 Å². The van der Waals surface area contributed by atoms with Crippen molar-refractivity contribution in [3.8, 4) is 0 Å². The van der Waals surface area contributed by atoms with E-state index in [-0.39, 0.29) is 0 Å². The standard InChI is InChI=1S/C4H7F3O/c1-3(8-2)4(5,6)7/h3H,1-2H3. The maximum atomic E-state index is 11.3. The van der Waals surface area contributed by atoms with Crippen LogP contribution >= 0.6 is 0 Å². The van der Waals surface area contributed by atoms with Gasteiger partial charge in [0.2, 0.25) is 0 Å². The van der Waals surface area contributed by atoms with Crippen molar-refractivity contribution >= 4 is 0 Å². The molecule has 1 unspecified atom stereocenters. The molecule has 0 N–H and O–H groups in total. The fourth-order valence-corrected chi connectivity index (χ4v) is 0.134. The van der Waals surface area contributed by atoms with Crippen LogP contribution in [0.3, 0.4) is 0 Å². The molecule has 8 heavy (non-hydrogen) atoms. The maximum Gasteiger partial charge on any atom is 0.414 e. The van der Waals surface area contributed by atoms with Crippen molar-refractivity contribution in [2.45, 2.75) is 19.2 Å². The lowest BCUT2D eigenvalue weighted by Gasteiger charge is -2.12. The van der Waals surface area contributed by atoms with Crippen LogP contribution in [0.15, 0.2) is 0 Å². The first-order valence-corrected chi connectivity index (χ1v) is 2.08. The molecule has 4 heteroatoms. The monoisotopic (exact) mass is 128 g/mol. The van der Waals surface area contributed by atoms with Gasteiger partial charge in [-0.05, 0) is 6.92 Å². The minimum Gasteiger partial charge on any atom is -0.372 e. The van der Waals surface area contributed by atoms with Crippen LogP contribution in [0.25, 0.3) is 0 Å². The summed E-state index contributed by atoms with van der Waals surface area (Å²) in [5.41, 5.74) is 0. The van der Waals surface area contributed by atoms with Gasteiger partial charge < -0.3 is 4.74 Å². The number of methoxy groups -OCH3 is 1. The van der Waals surface area contributed by atoms with Crippen molar-refractivity contribution < 1.29 is 17.9 Å². The van der Waals surface area contributed by atoms with Gasteiger partial charge in [-0.25, -0.2) is 0 Å². The molecule has 0 aromatic rings. The molecular formula is C4H7F3O. The fraction of sp³-hybridized carbons (Fsp3) is 1.00. The fourth-order valence-electron chi connectivity index (χ4n) is 0.134. The summed E-state index contributed by atoms with van der Waals surface area (Å²) in [5.74, 6) is 0. The first kappa shape index (κ1) is 7.75. The van der Waals surface area contributed by atoms with E-state index in [0.717, 1.165) is 14.0 Å². The zero-order valence-corrected chi connectivity index (χ0v) is 4.62. The van der Waals surface area contributed by atoms with E-state index in [9.17, 15) is 13.2 Å².